The Morgan fingerprint density at radius 3 is 1.83 bits per heavy atom. The zero-order valence-corrected chi connectivity index (χ0v) is 27.5. The summed E-state index contributed by atoms with van der Waals surface area (Å²) in [6.45, 7) is 4.22. The first-order chi connectivity index (χ1) is 25.0. The number of fused-ring (bicyclic) bond motifs is 1. The lowest BCUT2D eigenvalue weighted by atomic mass is 9.86. The Morgan fingerprint density at radius 2 is 1.33 bits per heavy atom. The number of likely N-dealkylation sites (tertiary alicyclic amines) is 1. The van der Waals surface area contributed by atoms with Crippen LogP contribution in [0.2, 0.25) is 0 Å². The number of nitrogens with one attached hydrogen (secondary N) is 2. The van der Waals surface area contributed by atoms with Gasteiger partial charge in [-0.3, -0.25) is 19.5 Å². The van der Waals surface area contributed by atoms with Crippen molar-refractivity contribution in [1.82, 2.24) is 30.4 Å². The standard InChI is InChI=1S/C25H28N6O2.3C2HF3O2/c32-23(22-8-7-20-5-1-2-6-21(20)29-22)27-12-15-30-13-9-25(10-14-30)24(33)28-18-31(25)17-19-4-3-11-26-16-19;3*3-2(4,5)1(6)7/h1-8,11,16H,9-10,12-15,17-18H2,(H,27,32)(H,28,33);3*(H,6,7). The molecule has 2 fully saturated rings. The molecule has 5 rings (SSSR count). The molecule has 2 aromatic heterocycles. The van der Waals surface area contributed by atoms with Gasteiger partial charge in [-0.05, 0) is 36.6 Å². The summed E-state index contributed by atoms with van der Waals surface area (Å²) in [5.74, 6) is -8.30. The van der Waals surface area contributed by atoms with Crippen LogP contribution in [-0.2, 0) is 25.7 Å². The van der Waals surface area contributed by atoms with Gasteiger partial charge >= 0.3 is 36.4 Å². The number of pyridine rings is 2. The van der Waals surface area contributed by atoms with Gasteiger partial charge in [0.05, 0.1) is 12.2 Å². The molecule has 3 aromatic rings. The molecular formula is C31H31F9N6O8. The minimum absolute atomic E-state index is 0.127. The van der Waals surface area contributed by atoms with Crippen LogP contribution < -0.4 is 10.6 Å². The second-order valence-electron chi connectivity index (χ2n) is 11.2. The Kier molecular flexibility index (Phi) is 15.6. The maximum absolute atomic E-state index is 12.8. The van der Waals surface area contributed by atoms with Gasteiger partial charge in [-0.2, -0.15) is 39.5 Å². The summed E-state index contributed by atoms with van der Waals surface area (Å²) >= 11 is 0. The van der Waals surface area contributed by atoms with Crippen molar-refractivity contribution in [3.05, 3.63) is 72.2 Å². The van der Waals surface area contributed by atoms with Crippen molar-refractivity contribution >= 4 is 40.6 Å². The predicted octanol–water partition coefficient (Wildman–Crippen LogP) is 3.68. The van der Waals surface area contributed by atoms with Crippen molar-refractivity contribution in [1.29, 1.82) is 0 Å². The minimum Gasteiger partial charge on any atom is -0.475 e. The molecule has 0 unspecified atom stereocenters. The number of carbonyl (C=O) groups is 5. The molecule has 2 aliphatic rings. The van der Waals surface area contributed by atoms with E-state index in [9.17, 15) is 49.1 Å². The number of aliphatic carboxylic acids is 3. The van der Waals surface area contributed by atoms with E-state index in [4.69, 9.17) is 29.7 Å². The highest BCUT2D eigenvalue weighted by atomic mass is 19.4. The summed E-state index contributed by atoms with van der Waals surface area (Å²) in [7, 11) is 0. The SMILES string of the molecule is O=C(NCCN1CCC2(CC1)C(=O)NCN2Cc1cccnc1)c1ccc2ccccc2n1.O=C(O)C(F)(F)F.O=C(O)C(F)(F)F.O=C(O)C(F)(F)F. The minimum atomic E-state index is -5.08. The van der Waals surface area contributed by atoms with E-state index in [2.05, 4.69) is 30.4 Å². The molecule has 0 bridgehead atoms. The molecular weight excluding hydrogens is 755 g/mol. The van der Waals surface area contributed by atoms with Crippen LogP contribution in [0.3, 0.4) is 0 Å². The molecule has 4 heterocycles. The number of nitrogens with zero attached hydrogens (tertiary/aromatic N) is 4. The second-order valence-corrected chi connectivity index (χ2v) is 11.2. The highest BCUT2D eigenvalue weighted by molar-refractivity contribution is 5.94. The molecule has 54 heavy (non-hydrogen) atoms. The van der Waals surface area contributed by atoms with Gasteiger partial charge in [-0.25, -0.2) is 19.4 Å². The van der Waals surface area contributed by atoms with Crippen molar-refractivity contribution in [2.75, 3.05) is 32.8 Å². The molecule has 14 nitrogen and oxygen atoms in total. The molecule has 2 aliphatic heterocycles. The quantitative estimate of drug-likeness (QED) is 0.227. The average molecular weight is 787 g/mol. The smallest absolute Gasteiger partial charge is 0.475 e. The lowest BCUT2D eigenvalue weighted by Gasteiger charge is -2.42. The number of halogens is 9. The van der Waals surface area contributed by atoms with E-state index in [0.717, 1.165) is 48.9 Å². The lowest BCUT2D eigenvalue weighted by Crippen LogP contribution is -2.56. The van der Waals surface area contributed by atoms with E-state index in [1.165, 1.54) is 0 Å². The van der Waals surface area contributed by atoms with Crippen molar-refractivity contribution in [2.45, 2.75) is 43.5 Å². The summed E-state index contributed by atoms with van der Waals surface area (Å²) in [5.41, 5.74) is 1.91. The molecule has 1 spiro atoms. The van der Waals surface area contributed by atoms with Crippen LogP contribution in [0.25, 0.3) is 10.9 Å². The third kappa shape index (κ3) is 13.8. The third-order valence-corrected chi connectivity index (χ3v) is 7.51. The van der Waals surface area contributed by atoms with Gasteiger partial charge in [-0.15, -0.1) is 0 Å². The van der Waals surface area contributed by atoms with Crippen LogP contribution >= 0.6 is 0 Å². The number of alkyl halides is 9. The summed E-state index contributed by atoms with van der Waals surface area (Å²) in [6, 6.07) is 15.4. The Balaban J connectivity index is 0.000000393. The van der Waals surface area contributed by atoms with E-state index in [0.29, 0.717) is 25.5 Å². The number of para-hydroxylation sites is 1. The largest absolute Gasteiger partial charge is 0.490 e. The zero-order valence-electron chi connectivity index (χ0n) is 27.5. The van der Waals surface area contributed by atoms with Crippen molar-refractivity contribution in [2.24, 2.45) is 0 Å². The number of amides is 2. The van der Waals surface area contributed by atoms with Crippen LogP contribution in [0.5, 0.6) is 0 Å². The van der Waals surface area contributed by atoms with Crippen LogP contribution in [-0.4, -0.2) is 122 Å². The molecule has 2 saturated heterocycles. The van der Waals surface area contributed by atoms with Crippen LogP contribution in [0.4, 0.5) is 39.5 Å². The number of carboxylic acid groups (broad SMARTS) is 3. The molecule has 2 amide bonds. The first-order valence-electron chi connectivity index (χ1n) is 15.2. The van der Waals surface area contributed by atoms with Crippen molar-refractivity contribution in [3.63, 3.8) is 0 Å². The normalized spacial score (nSPS) is 15.7. The Hall–Kier alpha value is -5.58. The summed E-state index contributed by atoms with van der Waals surface area (Å²) < 4.78 is 95.2. The Labute approximate surface area is 298 Å². The molecule has 23 heteroatoms. The van der Waals surface area contributed by atoms with E-state index in [-0.39, 0.29) is 11.8 Å². The van der Waals surface area contributed by atoms with Crippen LogP contribution in [0.1, 0.15) is 28.9 Å². The van der Waals surface area contributed by atoms with Gasteiger partial charge in [0.15, 0.2) is 0 Å². The van der Waals surface area contributed by atoms with Crippen LogP contribution in [0, 0.1) is 0 Å². The average Bonchev–Trinajstić information content (AvgIpc) is 3.38. The number of rotatable bonds is 6. The summed E-state index contributed by atoms with van der Waals surface area (Å²) in [5, 5.41) is 28.4. The number of aromatic nitrogens is 2. The fraction of sp³-hybridized carbons (Fsp3) is 0.387. The molecule has 0 aliphatic carbocycles. The van der Waals surface area contributed by atoms with E-state index in [1.807, 2.05) is 48.7 Å². The Bertz CT molecular complexity index is 1690. The van der Waals surface area contributed by atoms with Gasteiger partial charge < -0.3 is 30.9 Å². The number of benzene rings is 1. The lowest BCUT2D eigenvalue weighted by molar-refractivity contribution is -0.193. The molecule has 1 aromatic carbocycles. The Morgan fingerprint density at radius 1 is 0.796 bits per heavy atom. The maximum Gasteiger partial charge on any atom is 0.490 e. The monoisotopic (exact) mass is 786 g/mol. The fourth-order valence-corrected chi connectivity index (χ4v) is 4.85. The topological polar surface area (TPSA) is 202 Å². The first-order valence-corrected chi connectivity index (χ1v) is 15.2. The zero-order chi connectivity index (χ0) is 40.9. The molecule has 296 valence electrons. The molecule has 5 N–H and O–H groups in total. The number of hydrogen-bond donors (Lipinski definition) is 5. The van der Waals surface area contributed by atoms with Gasteiger partial charge in [0.1, 0.15) is 11.2 Å². The number of hydrogen-bond acceptors (Lipinski definition) is 9. The second kappa shape index (κ2) is 19.0. The number of piperidine rings is 1. The summed E-state index contributed by atoms with van der Waals surface area (Å²) in [6.07, 6.45) is -10.1. The number of carbonyl (C=O) groups excluding carboxylic acids is 2. The van der Waals surface area contributed by atoms with Crippen LogP contribution in [0.15, 0.2) is 60.9 Å². The maximum atomic E-state index is 12.8. The highest BCUT2D eigenvalue weighted by Gasteiger charge is 2.50. The fourth-order valence-electron chi connectivity index (χ4n) is 4.85. The van der Waals surface area contributed by atoms with Gasteiger partial charge in [0, 0.05) is 50.5 Å². The van der Waals surface area contributed by atoms with Crippen molar-refractivity contribution < 1.29 is 78.8 Å². The van der Waals surface area contributed by atoms with E-state index < -0.39 is 42.0 Å². The molecule has 0 radical (unpaired) electrons. The first kappa shape index (κ1) is 44.6. The van der Waals surface area contributed by atoms with Crippen molar-refractivity contribution in [3.8, 4) is 0 Å². The summed E-state index contributed by atoms with van der Waals surface area (Å²) in [4.78, 5) is 65.2. The highest BCUT2D eigenvalue weighted by Crippen LogP contribution is 2.33. The third-order valence-electron chi connectivity index (χ3n) is 7.51. The van der Waals surface area contributed by atoms with Gasteiger partial charge in [0.2, 0.25) is 5.91 Å². The molecule has 0 saturated carbocycles. The predicted molar refractivity (Wildman–Crippen MR) is 166 cm³/mol. The van der Waals surface area contributed by atoms with Gasteiger partial charge in [0.25, 0.3) is 5.91 Å². The number of carboxylic acids is 3. The van der Waals surface area contributed by atoms with E-state index >= 15 is 0 Å². The van der Waals surface area contributed by atoms with Gasteiger partial charge in [-0.1, -0.05) is 30.3 Å². The van der Waals surface area contributed by atoms with E-state index in [1.54, 1.807) is 12.3 Å². The molecule has 0 atom stereocenters.